The van der Waals surface area contributed by atoms with Gasteiger partial charge >= 0.3 is 0 Å². The third kappa shape index (κ3) is 4.92. The SMILES string of the molecule is C=CC1CCC(c2ccc(-c3ccc(/C=C/C4=CCC(C5CO5)C(F)=C4F)cc3)c(F)c2F)CC1. The molecule has 0 N–H and O–H groups in total. The number of epoxide rings is 1. The predicted molar refractivity (Wildman–Crippen MR) is 131 cm³/mol. The van der Waals surface area contributed by atoms with E-state index >= 15 is 4.39 Å². The van der Waals surface area contributed by atoms with E-state index < -0.39 is 29.2 Å². The third-order valence-electron chi connectivity index (χ3n) is 7.52. The van der Waals surface area contributed by atoms with Crippen molar-refractivity contribution in [1.82, 2.24) is 0 Å². The first-order valence-corrected chi connectivity index (χ1v) is 12.2. The largest absolute Gasteiger partial charge is 0.372 e. The summed E-state index contributed by atoms with van der Waals surface area (Å²) in [7, 11) is 0. The van der Waals surface area contributed by atoms with Gasteiger partial charge in [0.2, 0.25) is 0 Å². The van der Waals surface area contributed by atoms with Crippen LogP contribution in [0.25, 0.3) is 17.2 Å². The fourth-order valence-corrected chi connectivity index (χ4v) is 5.22. The lowest BCUT2D eigenvalue weighted by Crippen LogP contribution is -2.13. The zero-order chi connectivity index (χ0) is 24.5. The van der Waals surface area contributed by atoms with E-state index in [1.54, 1.807) is 48.6 Å². The van der Waals surface area contributed by atoms with Crippen LogP contribution >= 0.6 is 0 Å². The topological polar surface area (TPSA) is 12.5 Å². The van der Waals surface area contributed by atoms with E-state index in [0.29, 0.717) is 30.1 Å². The lowest BCUT2D eigenvalue weighted by atomic mass is 9.78. The minimum Gasteiger partial charge on any atom is -0.372 e. The zero-order valence-electron chi connectivity index (χ0n) is 19.5. The van der Waals surface area contributed by atoms with Gasteiger partial charge < -0.3 is 4.74 Å². The highest BCUT2D eigenvalue weighted by atomic mass is 19.2. The normalized spacial score (nSPS) is 26.7. The van der Waals surface area contributed by atoms with Gasteiger partial charge in [0.15, 0.2) is 17.5 Å². The second kappa shape index (κ2) is 9.98. The maximum atomic E-state index is 15.0. The summed E-state index contributed by atoms with van der Waals surface area (Å²) in [6.07, 6.45) is 10.6. The van der Waals surface area contributed by atoms with E-state index in [4.69, 9.17) is 4.74 Å². The van der Waals surface area contributed by atoms with Crippen molar-refractivity contribution >= 4 is 6.08 Å². The Kier molecular flexibility index (Phi) is 6.79. The minimum atomic E-state index is -0.847. The van der Waals surface area contributed by atoms with E-state index in [1.807, 2.05) is 6.08 Å². The molecule has 3 aliphatic rings. The van der Waals surface area contributed by atoms with Crippen molar-refractivity contribution in [1.29, 1.82) is 0 Å². The van der Waals surface area contributed by atoms with Gasteiger partial charge in [-0.1, -0.05) is 60.7 Å². The summed E-state index contributed by atoms with van der Waals surface area (Å²) in [6, 6.07) is 10.3. The van der Waals surface area contributed by atoms with Gasteiger partial charge in [-0.2, -0.15) is 0 Å². The van der Waals surface area contributed by atoms with Crippen LogP contribution < -0.4 is 0 Å². The van der Waals surface area contributed by atoms with Crippen molar-refractivity contribution in [2.24, 2.45) is 11.8 Å². The standard InChI is InChI=1S/C30H28F4O/c1-2-18-3-8-20(9-4-18)23-15-16-24(29(33)28(23)32)21-10-5-19(6-11-21)7-12-22-13-14-25(26-17-35-26)30(34)27(22)31/h2,5-7,10-13,15-16,18,20,25-26H,1,3-4,8-9,14,17H2/b12-7+. The van der Waals surface area contributed by atoms with E-state index in [-0.39, 0.29) is 23.2 Å². The summed E-state index contributed by atoms with van der Waals surface area (Å²) in [5, 5.41) is 0. The Labute approximate surface area is 203 Å². The van der Waals surface area contributed by atoms with Crippen molar-refractivity contribution < 1.29 is 22.3 Å². The molecule has 0 aromatic heterocycles. The highest BCUT2D eigenvalue weighted by Gasteiger charge is 2.38. The summed E-state index contributed by atoms with van der Waals surface area (Å²) in [6.45, 7) is 4.31. The number of rotatable bonds is 6. The molecule has 0 spiro atoms. The van der Waals surface area contributed by atoms with Gasteiger partial charge in [0, 0.05) is 17.1 Å². The molecule has 2 aromatic rings. The number of benzene rings is 2. The van der Waals surface area contributed by atoms with Crippen molar-refractivity contribution in [3.63, 3.8) is 0 Å². The Morgan fingerprint density at radius 1 is 0.857 bits per heavy atom. The molecule has 1 aliphatic heterocycles. The van der Waals surface area contributed by atoms with Gasteiger partial charge in [0.1, 0.15) is 5.83 Å². The van der Waals surface area contributed by atoms with Crippen LogP contribution in [0.1, 0.15) is 49.1 Å². The molecule has 5 heteroatoms. The number of ether oxygens (including phenoxy) is 1. The first-order valence-electron chi connectivity index (χ1n) is 12.2. The molecule has 1 nitrogen and oxygen atoms in total. The van der Waals surface area contributed by atoms with Crippen LogP contribution in [0.5, 0.6) is 0 Å². The quantitative estimate of drug-likeness (QED) is 0.229. The molecular weight excluding hydrogens is 452 g/mol. The molecule has 1 saturated heterocycles. The van der Waals surface area contributed by atoms with Crippen molar-refractivity contribution in [2.45, 2.75) is 44.1 Å². The Morgan fingerprint density at radius 3 is 2.23 bits per heavy atom. The minimum absolute atomic E-state index is 0.0303. The summed E-state index contributed by atoms with van der Waals surface area (Å²) in [5.74, 6) is -3.24. The average molecular weight is 481 g/mol. The zero-order valence-corrected chi connectivity index (χ0v) is 19.5. The maximum Gasteiger partial charge on any atom is 0.166 e. The van der Waals surface area contributed by atoms with Gasteiger partial charge in [-0.05, 0) is 60.6 Å². The molecule has 0 amide bonds. The van der Waals surface area contributed by atoms with Crippen molar-refractivity contribution in [2.75, 3.05) is 6.61 Å². The number of allylic oxidation sites excluding steroid dienone is 5. The molecule has 2 aliphatic carbocycles. The molecule has 5 rings (SSSR count). The highest BCUT2D eigenvalue weighted by molar-refractivity contribution is 5.67. The van der Waals surface area contributed by atoms with Crippen LogP contribution in [0.2, 0.25) is 0 Å². The van der Waals surface area contributed by atoms with Gasteiger partial charge in [-0.15, -0.1) is 6.58 Å². The van der Waals surface area contributed by atoms with Crippen LogP contribution in [0.3, 0.4) is 0 Å². The fourth-order valence-electron chi connectivity index (χ4n) is 5.22. The smallest absolute Gasteiger partial charge is 0.166 e. The summed E-state index contributed by atoms with van der Waals surface area (Å²) in [5.41, 5.74) is 2.16. The molecule has 2 unspecified atom stereocenters. The molecule has 2 fully saturated rings. The Hall–Kier alpha value is -2.92. The van der Waals surface area contributed by atoms with E-state index in [1.165, 1.54) is 6.08 Å². The molecule has 0 radical (unpaired) electrons. The lowest BCUT2D eigenvalue weighted by molar-refractivity contribution is 0.311. The second-order valence-corrected chi connectivity index (χ2v) is 9.67. The lowest BCUT2D eigenvalue weighted by Gasteiger charge is -2.27. The Balaban J connectivity index is 1.29. The Bertz CT molecular complexity index is 1200. The van der Waals surface area contributed by atoms with E-state index in [2.05, 4.69) is 6.58 Å². The first-order chi connectivity index (χ1) is 17.0. The maximum absolute atomic E-state index is 15.0. The summed E-state index contributed by atoms with van der Waals surface area (Å²) < 4.78 is 63.8. The molecule has 35 heavy (non-hydrogen) atoms. The van der Waals surface area contributed by atoms with Gasteiger partial charge in [-0.3, -0.25) is 0 Å². The average Bonchev–Trinajstić information content (AvgIpc) is 3.72. The van der Waals surface area contributed by atoms with Crippen LogP contribution in [-0.2, 0) is 4.74 Å². The molecule has 1 saturated carbocycles. The number of hydrogen-bond acceptors (Lipinski definition) is 1. The molecule has 1 heterocycles. The number of halogens is 4. The van der Waals surface area contributed by atoms with Crippen molar-refractivity contribution in [3.8, 4) is 11.1 Å². The first kappa shape index (κ1) is 23.8. The fraction of sp³-hybridized carbons (Fsp3) is 0.333. The number of hydrogen-bond donors (Lipinski definition) is 0. The van der Waals surface area contributed by atoms with Gasteiger partial charge in [0.05, 0.1) is 12.7 Å². The van der Waals surface area contributed by atoms with Gasteiger partial charge in [0.25, 0.3) is 0 Å². The summed E-state index contributed by atoms with van der Waals surface area (Å²) in [4.78, 5) is 0. The van der Waals surface area contributed by atoms with E-state index in [0.717, 1.165) is 31.2 Å². The summed E-state index contributed by atoms with van der Waals surface area (Å²) >= 11 is 0. The molecular formula is C30H28F4O. The Morgan fingerprint density at radius 2 is 1.57 bits per heavy atom. The van der Waals surface area contributed by atoms with E-state index in [9.17, 15) is 13.2 Å². The van der Waals surface area contributed by atoms with Crippen LogP contribution in [0.15, 0.2) is 78.4 Å². The molecule has 0 bridgehead atoms. The van der Waals surface area contributed by atoms with Crippen molar-refractivity contribution in [3.05, 3.63) is 101 Å². The molecule has 2 atom stereocenters. The van der Waals surface area contributed by atoms with Crippen LogP contribution in [0.4, 0.5) is 17.6 Å². The van der Waals surface area contributed by atoms with Crippen LogP contribution in [-0.4, -0.2) is 12.7 Å². The van der Waals surface area contributed by atoms with Crippen LogP contribution in [0, 0.1) is 23.5 Å². The third-order valence-corrected chi connectivity index (χ3v) is 7.52. The second-order valence-electron chi connectivity index (χ2n) is 9.67. The molecule has 182 valence electrons. The van der Waals surface area contributed by atoms with Gasteiger partial charge in [-0.25, -0.2) is 17.6 Å². The molecule has 2 aromatic carbocycles. The predicted octanol–water partition coefficient (Wildman–Crippen LogP) is 8.60. The monoisotopic (exact) mass is 480 g/mol. The highest BCUT2D eigenvalue weighted by Crippen LogP contribution is 2.40.